The fourth-order valence-electron chi connectivity index (χ4n) is 2.41. The van der Waals surface area contributed by atoms with Crippen molar-refractivity contribution in [3.63, 3.8) is 0 Å². The first-order valence-electron chi connectivity index (χ1n) is 7.07. The quantitative estimate of drug-likeness (QED) is 0.564. The van der Waals surface area contributed by atoms with Crippen LogP contribution < -0.4 is 0 Å². The second-order valence-electron chi connectivity index (χ2n) is 5.09. The van der Waals surface area contributed by atoms with Crippen molar-refractivity contribution >= 4 is 17.9 Å². The maximum atomic E-state index is 11.2. The van der Waals surface area contributed by atoms with E-state index >= 15 is 0 Å². The average Bonchev–Trinajstić information content (AvgIpc) is 2.39. The molecule has 0 aromatic rings. The summed E-state index contributed by atoms with van der Waals surface area (Å²) in [5.41, 5.74) is 0. The van der Waals surface area contributed by atoms with Gasteiger partial charge in [-0.2, -0.15) is 0 Å². The number of aliphatic hydroxyl groups is 1. The lowest BCUT2D eigenvalue weighted by Crippen LogP contribution is -2.57. The van der Waals surface area contributed by atoms with E-state index in [0.717, 1.165) is 0 Å². The van der Waals surface area contributed by atoms with Crippen LogP contribution in [0.4, 0.5) is 0 Å². The van der Waals surface area contributed by atoms with Crippen molar-refractivity contribution in [2.75, 3.05) is 6.61 Å². The van der Waals surface area contributed by atoms with Gasteiger partial charge in [0, 0.05) is 26.7 Å². The molecule has 0 aromatic carbocycles. The minimum Gasteiger partial charge on any atom is -0.463 e. The van der Waals surface area contributed by atoms with Crippen LogP contribution in [0.5, 0.6) is 0 Å². The summed E-state index contributed by atoms with van der Waals surface area (Å²) >= 11 is 0. The maximum Gasteiger partial charge on any atom is 0.305 e. The summed E-state index contributed by atoms with van der Waals surface area (Å²) in [5.74, 6) is -2.22. The zero-order valence-corrected chi connectivity index (χ0v) is 13.1. The van der Waals surface area contributed by atoms with Crippen LogP contribution in [0, 0.1) is 5.92 Å². The number of carbonyl (C=O) groups excluding carboxylic acids is 3. The highest BCUT2D eigenvalue weighted by Gasteiger charge is 2.48. The third-order valence-corrected chi connectivity index (χ3v) is 3.33. The van der Waals surface area contributed by atoms with Gasteiger partial charge >= 0.3 is 17.9 Å². The van der Waals surface area contributed by atoms with Gasteiger partial charge in [-0.25, -0.2) is 0 Å². The van der Waals surface area contributed by atoms with Gasteiger partial charge in [-0.15, -0.1) is 0 Å². The number of hydrogen-bond donors (Lipinski definition) is 1. The molecule has 8 heteroatoms. The number of carbonyl (C=O) groups is 3. The molecular weight excluding hydrogens is 296 g/mol. The summed E-state index contributed by atoms with van der Waals surface area (Å²) in [6.45, 7) is 5.26. The van der Waals surface area contributed by atoms with E-state index in [1.165, 1.54) is 20.8 Å². The monoisotopic (exact) mass is 318 g/mol. The lowest BCUT2D eigenvalue weighted by Gasteiger charge is -2.42. The first-order valence-corrected chi connectivity index (χ1v) is 7.07. The normalized spacial score (nSPS) is 31.2. The smallest absolute Gasteiger partial charge is 0.305 e. The van der Waals surface area contributed by atoms with E-state index in [1.807, 2.05) is 0 Å². The van der Waals surface area contributed by atoms with Gasteiger partial charge in [0.1, 0.15) is 12.7 Å². The van der Waals surface area contributed by atoms with Gasteiger partial charge in [0.15, 0.2) is 6.10 Å². The highest BCUT2D eigenvalue weighted by Crippen LogP contribution is 2.31. The Morgan fingerprint density at radius 3 is 2.09 bits per heavy atom. The molecule has 0 bridgehead atoms. The van der Waals surface area contributed by atoms with Gasteiger partial charge in [-0.3, -0.25) is 14.4 Å². The van der Waals surface area contributed by atoms with Crippen LogP contribution in [0.2, 0.25) is 0 Å². The van der Waals surface area contributed by atoms with Crippen molar-refractivity contribution in [1.29, 1.82) is 0 Å². The predicted molar refractivity (Wildman–Crippen MR) is 72.4 cm³/mol. The average molecular weight is 318 g/mol. The third kappa shape index (κ3) is 4.96. The summed E-state index contributed by atoms with van der Waals surface area (Å²) in [7, 11) is 0. The predicted octanol–water partition coefficient (Wildman–Crippen LogP) is 0.156. The Labute approximate surface area is 128 Å². The number of aliphatic hydroxyl groups excluding tert-OH is 1. The molecule has 1 N–H and O–H groups in total. The molecule has 1 saturated heterocycles. The second-order valence-corrected chi connectivity index (χ2v) is 5.09. The van der Waals surface area contributed by atoms with Crippen LogP contribution in [0.25, 0.3) is 0 Å². The summed E-state index contributed by atoms with van der Waals surface area (Å²) in [6, 6.07) is 0. The Hall–Kier alpha value is -1.67. The maximum absolute atomic E-state index is 11.2. The molecule has 1 heterocycles. The lowest BCUT2D eigenvalue weighted by molar-refractivity contribution is -0.285. The Kier molecular flexibility index (Phi) is 6.76. The van der Waals surface area contributed by atoms with Gasteiger partial charge in [0.05, 0.1) is 6.10 Å². The molecule has 5 atom stereocenters. The first-order chi connectivity index (χ1) is 10.3. The highest BCUT2D eigenvalue weighted by atomic mass is 16.7. The van der Waals surface area contributed by atoms with E-state index in [2.05, 4.69) is 0 Å². The van der Waals surface area contributed by atoms with Gasteiger partial charge in [0.25, 0.3) is 0 Å². The standard InChI is InChI=1S/C14H22O8/c1-5-10-12(18)11(6-19-7(2)15)22-14(21-9(4)17)13(10)20-8(3)16/h10-14,18H,5-6H2,1-4H3. The molecule has 0 aliphatic carbocycles. The summed E-state index contributed by atoms with van der Waals surface area (Å²) < 4.78 is 20.5. The van der Waals surface area contributed by atoms with Crippen LogP contribution in [0.3, 0.4) is 0 Å². The lowest BCUT2D eigenvalue weighted by atomic mass is 9.87. The van der Waals surface area contributed by atoms with Gasteiger partial charge in [0.2, 0.25) is 6.29 Å². The van der Waals surface area contributed by atoms with E-state index in [4.69, 9.17) is 18.9 Å². The molecule has 5 unspecified atom stereocenters. The Morgan fingerprint density at radius 2 is 1.64 bits per heavy atom. The van der Waals surface area contributed by atoms with Crippen molar-refractivity contribution in [3.05, 3.63) is 0 Å². The molecular formula is C14H22O8. The fraction of sp³-hybridized carbons (Fsp3) is 0.786. The van der Waals surface area contributed by atoms with Crippen molar-refractivity contribution < 1.29 is 38.4 Å². The number of esters is 3. The molecule has 22 heavy (non-hydrogen) atoms. The van der Waals surface area contributed by atoms with E-state index < -0.39 is 48.4 Å². The van der Waals surface area contributed by atoms with E-state index in [1.54, 1.807) is 6.92 Å². The Bertz CT molecular complexity index is 421. The molecule has 0 amide bonds. The molecule has 0 aromatic heterocycles. The van der Waals surface area contributed by atoms with Crippen molar-refractivity contribution in [3.8, 4) is 0 Å². The van der Waals surface area contributed by atoms with E-state index in [9.17, 15) is 19.5 Å². The van der Waals surface area contributed by atoms with Gasteiger partial charge in [-0.1, -0.05) is 6.92 Å². The fourth-order valence-corrected chi connectivity index (χ4v) is 2.41. The van der Waals surface area contributed by atoms with Crippen LogP contribution in [-0.4, -0.2) is 54.2 Å². The third-order valence-electron chi connectivity index (χ3n) is 3.33. The topological polar surface area (TPSA) is 108 Å². The molecule has 1 aliphatic rings. The van der Waals surface area contributed by atoms with Gasteiger partial charge < -0.3 is 24.1 Å². The summed E-state index contributed by atoms with van der Waals surface area (Å²) in [6.07, 6.45) is -3.52. The van der Waals surface area contributed by atoms with Crippen LogP contribution in [0.15, 0.2) is 0 Å². The van der Waals surface area contributed by atoms with Crippen molar-refractivity contribution in [1.82, 2.24) is 0 Å². The van der Waals surface area contributed by atoms with E-state index in [0.29, 0.717) is 6.42 Å². The first kappa shape index (κ1) is 18.4. The zero-order valence-electron chi connectivity index (χ0n) is 13.1. The molecule has 126 valence electrons. The molecule has 0 spiro atoms. The Balaban J connectivity index is 2.93. The minimum atomic E-state index is -1.16. The van der Waals surface area contributed by atoms with Crippen molar-refractivity contribution in [2.24, 2.45) is 5.92 Å². The highest BCUT2D eigenvalue weighted by molar-refractivity contribution is 5.67. The largest absolute Gasteiger partial charge is 0.463 e. The van der Waals surface area contributed by atoms with Crippen LogP contribution >= 0.6 is 0 Å². The van der Waals surface area contributed by atoms with Gasteiger partial charge in [-0.05, 0) is 6.42 Å². The van der Waals surface area contributed by atoms with E-state index in [-0.39, 0.29) is 6.61 Å². The molecule has 8 nitrogen and oxygen atoms in total. The molecule has 1 aliphatic heterocycles. The molecule has 1 rings (SSSR count). The van der Waals surface area contributed by atoms with Crippen LogP contribution in [0.1, 0.15) is 34.1 Å². The van der Waals surface area contributed by atoms with Crippen LogP contribution in [-0.2, 0) is 33.3 Å². The molecule has 0 radical (unpaired) electrons. The summed E-state index contributed by atoms with van der Waals surface area (Å²) in [4.78, 5) is 33.3. The number of ether oxygens (including phenoxy) is 4. The van der Waals surface area contributed by atoms with Crippen molar-refractivity contribution in [2.45, 2.75) is 58.7 Å². The molecule has 1 fully saturated rings. The minimum absolute atomic E-state index is 0.183. The SMILES string of the molecule is CCC1C(O)C(COC(C)=O)OC(OC(C)=O)C1OC(C)=O. The molecule has 0 saturated carbocycles. The number of hydrogen-bond acceptors (Lipinski definition) is 8. The Morgan fingerprint density at radius 1 is 1.05 bits per heavy atom. The number of rotatable bonds is 5. The summed E-state index contributed by atoms with van der Waals surface area (Å²) in [5, 5.41) is 10.3. The second kappa shape index (κ2) is 8.09. The zero-order chi connectivity index (χ0) is 16.9.